The van der Waals surface area contributed by atoms with Crippen LogP contribution in [-0.2, 0) is 9.59 Å². The van der Waals surface area contributed by atoms with Crippen LogP contribution in [0.4, 0.5) is 0 Å². The van der Waals surface area contributed by atoms with Crippen LogP contribution in [0.5, 0.6) is 5.75 Å². The van der Waals surface area contributed by atoms with Crippen LogP contribution in [0.1, 0.15) is 17.5 Å². The lowest BCUT2D eigenvalue weighted by Gasteiger charge is -2.23. The second kappa shape index (κ2) is 10.9. The molecule has 2 aromatic rings. The number of phenolic OH excluding ortho intramolecular Hbond substituents is 1. The lowest BCUT2D eigenvalue weighted by molar-refractivity contribution is -0.134. The first-order chi connectivity index (χ1) is 14.2. The summed E-state index contributed by atoms with van der Waals surface area (Å²) in [7, 11) is 4.14. The summed E-state index contributed by atoms with van der Waals surface area (Å²) >= 11 is 7.76. The number of aliphatic carboxylic acids is 2. The molecule has 0 bridgehead atoms. The number of hydrogen-bond acceptors (Lipinski definition) is 5. The number of hydrogen-bond donors (Lipinski definition) is 3. The van der Waals surface area contributed by atoms with Gasteiger partial charge in [-0.3, -0.25) is 0 Å². The molecule has 1 aliphatic rings. The number of aromatic hydroxyl groups is 1. The third kappa shape index (κ3) is 6.66. The average Bonchev–Trinajstić information content (AvgIpc) is 2.67. The van der Waals surface area contributed by atoms with E-state index in [1.54, 1.807) is 17.8 Å². The Hall–Kier alpha value is -2.74. The van der Waals surface area contributed by atoms with Gasteiger partial charge in [0.2, 0.25) is 0 Å². The largest absolute Gasteiger partial charge is 0.507 e. The van der Waals surface area contributed by atoms with Crippen LogP contribution in [-0.4, -0.2) is 52.8 Å². The number of fused-ring (bicyclic) bond motifs is 2. The predicted molar refractivity (Wildman–Crippen MR) is 118 cm³/mol. The van der Waals surface area contributed by atoms with E-state index in [-0.39, 0.29) is 5.75 Å². The highest BCUT2D eigenvalue weighted by Crippen LogP contribution is 2.49. The monoisotopic (exact) mass is 447 g/mol. The van der Waals surface area contributed by atoms with Crippen molar-refractivity contribution < 1.29 is 24.9 Å². The van der Waals surface area contributed by atoms with Crippen molar-refractivity contribution in [1.29, 1.82) is 0 Å². The molecule has 8 heteroatoms. The van der Waals surface area contributed by atoms with E-state index in [4.69, 9.17) is 21.8 Å². The Kier molecular flexibility index (Phi) is 8.53. The van der Waals surface area contributed by atoms with Crippen molar-refractivity contribution in [2.45, 2.75) is 16.2 Å². The first-order valence-corrected chi connectivity index (χ1v) is 10.2. The number of rotatable bonds is 5. The highest BCUT2D eigenvalue weighted by atomic mass is 35.5. The van der Waals surface area contributed by atoms with E-state index in [1.165, 1.54) is 10.5 Å². The summed E-state index contributed by atoms with van der Waals surface area (Å²) in [6.45, 7) is 0.987. The molecule has 6 nitrogen and oxygen atoms in total. The SMILES string of the molecule is CN(C)CCC=C1c2ccccc2Sc2c(O)cc(Cl)cc21.O=C(O)C=CC(=O)O. The van der Waals surface area contributed by atoms with Gasteiger partial charge in [0, 0.05) is 34.2 Å². The van der Waals surface area contributed by atoms with Crippen LogP contribution in [0.2, 0.25) is 5.02 Å². The minimum absolute atomic E-state index is 0.250. The summed E-state index contributed by atoms with van der Waals surface area (Å²) in [5.74, 6) is -2.26. The van der Waals surface area contributed by atoms with Crippen molar-refractivity contribution in [2.24, 2.45) is 0 Å². The number of benzene rings is 2. The maximum Gasteiger partial charge on any atom is 0.328 e. The molecule has 0 amide bonds. The summed E-state index contributed by atoms with van der Waals surface area (Å²) in [5.41, 5.74) is 3.39. The fourth-order valence-corrected chi connectivity index (χ4v) is 4.06. The van der Waals surface area contributed by atoms with Crippen LogP contribution in [0.25, 0.3) is 5.57 Å². The molecule has 0 unspecified atom stereocenters. The molecular formula is C22H22ClNO5S. The Labute approximate surface area is 184 Å². The van der Waals surface area contributed by atoms with Crippen LogP contribution in [0, 0.1) is 0 Å². The molecule has 158 valence electrons. The lowest BCUT2D eigenvalue weighted by atomic mass is 9.95. The van der Waals surface area contributed by atoms with Gasteiger partial charge in [-0.25, -0.2) is 9.59 Å². The zero-order valence-corrected chi connectivity index (χ0v) is 18.1. The smallest absolute Gasteiger partial charge is 0.328 e. The molecule has 0 aromatic heterocycles. The lowest BCUT2D eigenvalue weighted by Crippen LogP contribution is -2.12. The maximum atomic E-state index is 10.3. The van der Waals surface area contributed by atoms with E-state index in [2.05, 4.69) is 43.3 Å². The zero-order valence-electron chi connectivity index (χ0n) is 16.5. The van der Waals surface area contributed by atoms with E-state index in [0.717, 1.165) is 29.0 Å². The Morgan fingerprint density at radius 3 is 2.30 bits per heavy atom. The number of carboxylic acid groups (broad SMARTS) is 2. The van der Waals surface area contributed by atoms with Gasteiger partial charge in [0.15, 0.2) is 0 Å². The molecule has 1 heterocycles. The van der Waals surface area contributed by atoms with E-state index >= 15 is 0 Å². The van der Waals surface area contributed by atoms with Gasteiger partial charge >= 0.3 is 11.9 Å². The third-order valence-corrected chi connectivity index (χ3v) is 5.43. The molecule has 3 rings (SSSR count). The van der Waals surface area contributed by atoms with Crippen molar-refractivity contribution in [3.05, 3.63) is 70.8 Å². The van der Waals surface area contributed by atoms with Crippen molar-refractivity contribution in [2.75, 3.05) is 20.6 Å². The second-order valence-corrected chi connectivity index (χ2v) is 8.11. The first-order valence-electron chi connectivity index (χ1n) is 8.98. The Bertz CT molecular complexity index is 985. The second-order valence-electron chi connectivity index (χ2n) is 6.62. The molecule has 0 fully saturated rings. The summed E-state index contributed by atoms with van der Waals surface area (Å²) in [6.07, 6.45) is 4.31. The molecule has 0 saturated heterocycles. The van der Waals surface area contributed by atoms with Gasteiger partial charge in [-0.15, -0.1) is 0 Å². The zero-order chi connectivity index (χ0) is 22.3. The van der Waals surface area contributed by atoms with E-state index in [1.807, 2.05) is 12.1 Å². The highest BCUT2D eigenvalue weighted by Gasteiger charge is 2.23. The van der Waals surface area contributed by atoms with E-state index in [9.17, 15) is 14.7 Å². The Morgan fingerprint density at radius 1 is 1.07 bits per heavy atom. The molecule has 0 saturated carbocycles. The average molecular weight is 448 g/mol. The van der Waals surface area contributed by atoms with E-state index in [0.29, 0.717) is 17.2 Å². The molecular weight excluding hydrogens is 426 g/mol. The molecule has 0 atom stereocenters. The van der Waals surface area contributed by atoms with Gasteiger partial charge in [-0.1, -0.05) is 47.6 Å². The number of carbonyl (C=O) groups is 2. The summed E-state index contributed by atoms with van der Waals surface area (Å²) in [4.78, 5) is 23.3. The topological polar surface area (TPSA) is 98.1 Å². The summed E-state index contributed by atoms with van der Waals surface area (Å²) in [6, 6.07) is 11.9. The number of nitrogens with zero attached hydrogens (tertiary/aromatic N) is 1. The molecule has 0 aliphatic carbocycles. The molecule has 1 aliphatic heterocycles. The van der Waals surface area contributed by atoms with Gasteiger partial charge < -0.3 is 20.2 Å². The van der Waals surface area contributed by atoms with Gasteiger partial charge in [-0.2, -0.15) is 0 Å². The van der Waals surface area contributed by atoms with Crippen molar-refractivity contribution >= 4 is 40.9 Å². The van der Waals surface area contributed by atoms with Gasteiger partial charge in [0.1, 0.15) is 5.75 Å². The third-order valence-electron chi connectivity index (χ3n) is 4.01. The van der Waals surface area contributed by atoms with Crippen LogP contribution in [0.3, 0.4) is 0 Å². The van der Waals surface area contributed by atoms with Gasteiger partial charge in [0.05, 0.1) is 4.90 Å². The summed E-state index contributed by atoms with van der Waals surface area (Å²) < 4.78 is 0. The van der Waals surface area contributed by atoms with Gasteiger partial charge in [-0.05, 0) is 49.9 Å². The quantitative estimate of drug-likeness (QED) is 0.491. The Morgan fingerprint density at radius 2 is 1.70 bits per heavy atom. The minimum Gasteiger partial charge on any atom is -0.507 e. The van der Waals surface area contributed by atoms with Crippen LogP contribution < -0.4 is 0 Å². The van der Waals surface area contributed by atoms with Crippen LogP contribution >= 0.6 is 23.4 Å². The van der Waals surface area contributed by atoms with Crippen molar-refractivity contribution in [3.8, 4) is 5.75 Å². The molecule has 2 aromatic carbocycles. The molecule has 3 N–H and O–H groups in total. The number of phenols is 1. The van der Waals surface area contributed by atoms with E-state index < -0.39 is 11.9 Å². The molecule has 0 spiro atoms. The van der Waals surface area contributed by atoms with Crippen molar-refractivity contribution in [1.82, 2.24) is 4.90 Å². The highest BCUT2D eigenvalue weighted by molar-refractivity contribution is 7.99. The molecule has 0 radical (unpaired) electrons. The fraction of sp³-hybridized carbons (Fsp3) is 0.182. The fourth-order valence-electron chi connectivity index (χ4n) is 2.75. The maximum absolute atomic E-state index is 10.3. The number of halogens is 1. The summed E-state index contributed by atoms with van der Waals surface area (Å²) in [5, 5.41) is 26.4. The van der Waals surface area contributed by atoms with Crippen molar-refractivity contribution in [3.63, 3.8) is 0 Å². The standard InChI is InChI=1S/C18H18ClNOS.C4H4O4/c1-20(2)9-5-7-13-14-6-3-4-8-17(14)22-18-15(13)10-12(19)11-16(18)21;5-3(6)1-2-4(7)8/h3-4,6-8,10-11,21H,5,9H2,1-2H3;1-2H,(H,5,6)(H,7,8). The number of carboxylic acids is 2. The predicted octanol–water partition coefficient (Wildman–Crippen LogP) is 4.61. The first kappa shape index (κ1) is 23.5. The van der Waals surface area contributed by atoms with Gasteiger partial charge in [0.25, 0.3) is 0 Å². The van der Waals surface area contributed by atoms with Crippen LogP contribution in [0.15, 0.2) is 64.4 Å². The minimum atomic E-state index is -1.26. The Balaban J connectivity index is 0.000000343. The normalized spacial score (nSPS) is 13.5. The molecule has 30 heavy (non-hydrogen) atoms.